The van der Waals surface area contributed by atoms with Crippen LogP contribution in [0.3, 0.4) is 0 Å². The molecule has 0 fully saturated rings. The first-order valence-electron chi connectivity index (χ1n) is 4.23. The molecular weight excluding hydrogens is 170 g/mol. The molecule has 1 aromatic rings. The van der Waals surface area contributed by atoms with Gasteiger partial charge in [0.15, 0.2) is 0 Å². The second kappa shape index (κ2) is 2.75. The standard InChI is InChI=1S/C10H12ClN/c1-6-4-8(11)5-7-2-3-9(12)10(6)7/h4-5,9H,2-3,12H2,1H3. The second-order valence-electron chi connectivity index (χ2n) is 3.44. The quantitative estimate of drug-likeness (QED) is 0.654. The molecule has 0 aromatic heterocycles. The van der Waals surface area contributed by atoms with E-state index in [2.05, 4.69) is 6.92 Å². The van der Waals surface area contributed by atoms with Gasteiger partial charge in [0.1, 0.15) is 0 Å². The molecule has 1 unspecified atom stereocenters. The minimum atomic E-state index is 0.234. The molecule has 1 aromatic carbocycles. The van der Waals surface area contributed by atoms with E-state index in [0.29, 0.717) is 0 Å². The van der Waals surface area contributed by atoms with Crippen LogP contribution in [0.5, 0.6) is 0 Å². The molecule has 64 valence electrons. The van der Waals surface area contributed by atoms with Crippen molar-refractivity contribution in [2.45, 2.75) is 25.8 Å². The summed E-state index contributed by atoms with van der Waals surface area (Å²) in [5.41, 5.74) is 9.85. The smallest absolute Gasteiger partial charge is 0.0411 e. The Bertz CT molecular complexity index is 320. The minimum absolute atomic E-state index is 0.234. The van der Waals surface area contributed by atoms with Gasteiger partial charge in [0.2, 0.25) is 0 Å². The van der Waals surface area contributed by atoms with Crippen molar-refractivity contribution in [2.24, 2.45) is 5.73 Å². The summed E-state index contributed by atoms with van der Waals surface area (Å²) in [6.45, 7) is 2.08. The van der Waals surface area contributed by atoms with Gasteiger partial charge in [0.25, 0.3) is 0 Å². The van der Waals surface area contributed by atoms with E-state index in [0.717, 1.165) is 17.9 Å². The van der Waals surface area contributed by atoms with Crippen molar-refractivity contribution in [1.82, 2.24) is 0 Å². The molecule has 1 nitrogen and oxygen atoms in total. The highest BCUT2D eigenvalue weighted by atomic mass is 35.5. The molecule has 1 aliphatic carbocycles. The summed E-state index contributed by atoms with van der Waals surface area (Å²) in [6, 6.07) is 4.26. The van der Waals surface area contributed by atoms with Crippen LogP contribution < -0.4 is 5.73 Å². The maximum atomic E-state index is 5.95. The number of halogens is 1. The maximum absolute atomic E-state index is 5.95. The topological polar surface area (TPSA) is 26.0 Å². The van der Waals surface area contributed by atoms with Crippen LogP contribution in [0.4, 0.5) is 0 Å². The molecule has 0 saturated carbocycles. The first-order valence-corrected chi connectivity index (χ1v) is 4.61. The first kappa shape index (κ1) is 8.09. The number of aryl methyl sites for hydroxylation is 2. The fourth-order valence-electron chi connectivity index (χ4n) is 2.02. The van der Waals surface area contributed by atoms with Crippen LogP contribution in [0.25, 0.3) is 0 Å². The highest BCUT2D eigenvalue weighted by molar-refractivity contribution is 6.30. The third-order valence-electron chi connectivity index (χ3n) is 2.53. The van der Waals surface area contributed by atoms with Crippen molar-refractivity contribution >= 4 is 11.6 Å². The second-order valence-corrected chi connectivity index (χ2v) is 3.88. The summed E-state index contributed by atoms with van der Waals surface area (Å²) in [7, 11) is 0. The largest absolute Gasteiger partial charge is 0.324 e. The highest BCUT2D eigenvalue weighted by Gasteiger charge is 2.20. The Labute approximate surface area is 77.5 Å². The highest BCUT2D eigenvalue weighted by Crippen LogP contribution is 2.33. The van der Waals surface area contributed by atoms with Crippen molar-refractivity contribution in [3.8, 4) is 0 Å². The minimum Gasteiger partial charge on any atom is -0.324 e. The lowest BCUT2D eigenvalue weighted by atomic mass is 10.0. The summed E-state index contributed by atoms with van der Waals surface area (Å²) in [5, 5.41) is 0.834. The third kappa shape index (κ3) is 1.13. The van der Waals surface area contributed by atoms with Crippen molar-refractivity contribution in [2.75, 3.05) is 0 Å². The molecule has 0 saturated heterocycles. The fourth-order valence-corrected chi connectivity index (χ4v) is 2.31. The normalized spacial score (nSPS) is 21.1. The monoisotopic (exact) mass is 181 g/mol. The Balaban J connectivity index is 2.60. The Morgan fingerprint density at radius 3 is 3.00 bits per heavy atom. The lowest BCUT2D eigenvalue weighted by molar-refractivity contribution is 0.710. The number of benzene rings is 1. The third-order valence-corrected chi connectivity index (χ3v) is 2.75. The summed E-state index contributed by atoms with van der Waals surface area (Å²) in [4.78, 5) is 0. The van der Waals surface area contributed by atoms with Gasteiger partial charge in [-0.05, 0) is 48.6 Å². The Morgan fingerprint density at radius 2 is 2.25 bits per heavy atom. The summed E-state index contributed by atoms with van der Waals surface area (Å²) in [5.74, 6) is 0. The first-order chi connectivity index (χ1) is 5.68. The molecule has 0 aliphatic heterocycles. The van der Waals surface area contributed by atoms with Gasteiger partial charge in [-0.2, -0.15) is 0 Å². The predicted molar refractivity (Wildman–Crippen MR) is 51.4 cm³/mol. The van der Waals surface area contributed by atoms with Crippen LogP contribution >= 0.6 is 11.6 Å². The average Bonchev–Trinajstić information content (AvgIpc) is 2.31. The molecular formula is C10H12ClN. The zero-order valence-electron chi connectivity index (χ0n) is 7.10. The van der Waals surface area contributed by atoms with Gasteiger partial charge in [-0.15, -0.1) is 0 Å². The molecule has 2 rings (SSSR count). The van der Waals surface area contributed by atoms with Crippen LogP contribution in [-0.4, -0.2) is 0 Å². The fraction of sp³-hybridized carbons (Fsp3) is 0.400. The van der Waals surface area contributed by atoms with E-state index in [1.807, 2.05) is 12.1 Å². The number of hydrogen-bond donors (Lipinski definition) is 1. The van der Waals surface area contributed by atoms with Gasteiger partial charge in [0.05, 0.1) is 0 Å². The molecule has 0 spiro atoms. The van der Waals surface area contributed by atoms with Gasteiger partial charge in [-0.3, -0.25) is 0 Å². The van der Waals surface area contributed by atoms with Crippen molar-refractivity contribution in [3.63, 3.8) is 0 Å². The lowest BCUT2D eigenvalue weighted by Crippen LogP contribution is -2.06. The van der Waals surface area contributed by atoms with Gasteiger partial charge >= 0.3 is 0 Å². The van der Waals surface area contributed by atoms with Gasteiger partial charge in [-0.25, -0.2) is 0 Å². The Kier molecular flexibility index (Phi) is 1.85. The van der Waals surface area contributed by atoms with Crippen LogP contribution in [0, 0.1) is 6.92 Å². The summed E-state index contributed by atoms with van der Waals surface area (Å²) >= 11 is 5.94. The molecule has 0 heterocycles. The summed E-state index contributed by atoms with van der Waals surface area (Å²) in [6.07, 6.45) is 2.15. The lowest BCUT2D eigenvalue weighted by Gasteiger charge is -2.08. The van der Waals surface area contributed by atoms with Gasteiger partial charge < -0.3 is 5.73 Å². The van der Waals surface area contributed by atoms with Crippen molar-refractivity contribution in [1.29, 1.82) is 0 Å². The number of hydrogen-bond acceptors (Lipinski definition) is 1. The average molecular weight is 182 g/mol. The van der Waals surface area contributed by atoms with Gasteiger partial charge in [0, 0.05) is 11.1 Å². The van der Waals surface area contributed by atoms with E-state index in [1.54, 1.807) is 0 Å². The number of nitrogens with two attached hydrogens (primary N) is 1. The molecule has 2 N–H and O–H groups in total. The Morgan fingerprint density at radius 1 is 1.50 bits per heavy atom. The Hall–Kier alpha value is -0.530. The molecule has 0 radical (unpaired) electrons. The number of fused-ring (bicyclic) bond motifs is 1. The number of rotatable bonds is 0. The molecule has 12 heavy (non-hydrogen) atoms. The van der Waals surface area contributed by atoms with E-state index in [4.69, 9.17) is 17.3 Å². The van der Waals surface area contributed by atoms with Crippen molar-refractivity contribution in [3.05, 3.63) is 33.8 Å². The van der Waals surface area contributed by atoms with Crippen LogP contribution in [0.1, 0.15) is 29.2 Å². The van der Waals surface area contributed by atoms with E-state index < -0.39 is 0 Å². The maximum Gasteiger partial charge on any atom is 0.0411 e. The molecule has 0 amide bonds. The molecule has 1 aliphatic rings. The van der Waals surface area contributed by atoms with Crippen LogP contribution in [0.2, 0.25) is 5.02 Å². The van der Waals surface area contributed by atoms with Gasteiger partial charge in [-0.1, -0.05) is 11.6 Å². The summed E-state index contributed by atoms with van der Waals surface area (Å²) < 4.78 is 0. The van der Waals surface area contributed by atoms with E-state index >= 15 is 0 Å². The van der Waals surface area contributed by atoms with Crippen LogP contribution in [0.15, 0.2) is 12.1 Å². The SMILES string of the molecule is Cc1cc(Cl)cc2c1C(N)CC2. The predicted octanol–water partition coefficient (Wildman–Crippen LogP) is 2.59. The van der Waals surface area contributed by atoms with E-state index in [-0.39, 0.29) is 6.04 Å². The molecule has 1 atom stereocenters. The van der Waals surface area contributed by atoms with E-state index in [9.17, 15) is 0 Å². The van der Waals surface area contributed by atoms with E-state index in [1.165, 1.54) is 16.7 Å². The molecule has 2 heteroatoms. The van der Waals surface area contributed by atoms with Crippen LogP contribution in [-0.2, 0) is 6.42 Å². The zero-order chi connectivity index (χ0) is 8.72. The zero-order valence-corrected chi connectivity index (χ0v) is 7.86. The van der Waals surface area contributed by atoms with Crippen molar-refractivity contribution < 1.29 is 0 Å². The molecule has 0 bridgehead atoms.